The molecule has 10 heteroatoms. The Morgan fingerprint density at radius 1 is 0.976 bits per heavy atom. The van der Waals surface area contributed by atoms with Gasteiger partial charge in [-0.25, -0.2) is 12.8 Å². The fourth-order valence-corrected chi connectivity index (χ4v) is 5.65. The highest BCUT2D eigenvalue weighted by Crippen LogP contribution is 2.23. The molecular formula is C31H37ClFN3O4S. The van der Waals surface area contributed by atoms with Crippen LogP contribution in [0.3, 0.4) is 0 Å². The van der Waals surface area contributed by atoms with E-state index in [-0.39, 0.29) is 49.7 Å². The summed E-state index contributed by atoms with van der Waals surface area (Å²) in [6, 6.07) is 21.1. The number of nitrogens with zero attached hydrogens (tertiary/aromatic N) is 2. The number of rotatable bonds is 15. The van der Waals surface area contributed by atoms with Gasteiger partial charge in [0.15, 0.2) is 0 Å². The molecule has 0 aliphatic rings. The molecule has 3 aromatic rings. The summed E-state index contributed by atoms with van der Waals surface area (Å²) in [6.45, 7) is 2.41. The lowest BCUT2D eigenvalue weighted by atomic mass is 10.0. The van der Waals surface area contributed by atoms with Crippen LogP contribution < -0.4 is 9.62 Å². The van der Waals surface area contributed by atoms with Crippen molar-refractivity contribution in [2.75, 3.05) is 23.7 Å². The molecule has 1 atom stereocenters. The Bertz CT molecular complexity index is 1410. The number of unbranched alkanes of at least 4 members (excludes halogenated alkanes) is 1. The molecule has 0 unspecified atom stereocenters. The molecule has 0 saturated heterocycles. The first kappa shape index (κ1) is 32.1. The minimum absolute atomic E-state index is 0.0322. The number of carbonyl (C=O) groups excluding carboxylic acids is 2. The molecule has 0 bridgehead atoms. The van der Waals surface area contributed by atoms with Gasteiger partial charge in [0.05, 0.1) is 11.9 Å². The first-order valence-corrected chi connectivity index (χ1v) is 15.9. The van der Waals surface area contributed by atoms with Crippen molar-refractivity contribution in [3.8, 4) is 0 Å². The minimum Gasteiger partial charge on any atom is -0.354 e. The van der Waals surface area contributed by atoms with Crippen molar-refractivity contribution in [3.05, 3.63) is 101 Å². The quantitative estimate of drug-likeness (QED) is 0.230. The van der Waals surface area contributed by atoms with Crippen molar-refractivity contribution in [3.63, 3.8) is 0 Å². The lowest BCUT2D eigenvalue weighted by Crippen LogP contribution is -2.50. The second-order valence-electron chi connectivity index (χ2n) is 9.88. The van der Waals surface area contributed by atoms with Gasteiger partial charge in [0.2, 0.25) is 21.8 Å². The standard InChI is InChI=1S/C31H37ClFN3O4S/c1-3-4-19-34-31(38)29(21-24-12-6-5-7-13-24)35(23-25-14-8-9-17-28(25)33)30(37)18-11-20-36(41(2,39)40)27-16-10-15-26(32)22-27/h5-10,12-17,22,29H,3-4,11,18-21,23H2,1-2H3,(H,34,38)/t29-/m1/s1. The Morgan fingerprint density at radius 2 is 1.68 bits per heavy atom. The molecule has 2 amide bonds. The molecule has 41 heavy (non-hydrogen) atoms. The second kappa shape index (κ2) is 15.5. The molecule has 0 fully saturated rings. The van der Waals surface area contributed by atoms with E-state index in [1.807, 2.05) is 37.3 Å². The van der Waals surface area contributed by atoms with Crippen LogP contribution in [0, 0.1) is 5.82 Å². The third kappa shape index (κ3) is 9.86. The zero-order valence-electron chi connectivity index (χ0n) is 23.4. The van der Waals surface area contributed by atoms with E-state index in [1.54, 1.807) is 42.5 Å². The minimum atomic E-state index is -3.65. The summed E-state index contributed by atoms with van der Waals surface area (Å²) in [7, 11) is -3.65. The van der Waals surface area contributed by atoms with Gasteiger partial charge < -0.3 is 10.2 Å². The van der Waals surface area contributed by atoms with Gasteiger partial charge in [-0.3, -0.25) is 13.9 Å². The number of sulfonamides is 1. The van der Waals surface area contributed by atoms with Gasteiger partial charge in [0.1, 0.15) is 11.9 Å². The third-order valence-electron chi connectivity index (χ3n) is 6.65. The molecule has 7 nitrogen and oxygen atoms in total. The van der Waals surface area contributed by atoms with E-state index in [2.05, 4.69) is 5.32 Å². The maximum absolute atomic E-state index is 14.7. The van der Waals surface area contributed by atoms with Crippen molar-refractivity contribution in [1.29, 1.82) is 0 Å². The first-order chi connectivity index (χ1) is 19.6. The summed E-state index contributed by atoms with van der Waals surface area (Å²) >= 11 is 6.08. The molecule has 0 aliphatic carbocycles. The number of nitrogens with one attached hydrogen (secondary N) is 1. The SMILES string of the molecule is CCCCNC(=O)[C@@H](Cc1ccccc1)N(Cc1ccccc1F)C(=O)CCCN(c1cccc(Cl)c1)S(C)(=O)=O. The number of anilines is 1. The highest BCUT2D eigenvalue weighted by molar-refractivity contribution is 7.92. The predicted octanol–water partition coefficient (Wildman–Crippen LogP) is 5.58. The van der Waals surface area contributed by atoms with Crippen molar-refractivity contribution >= 4 is 39.1 Å². The van der Waals surface area contributed by atoms with Crippen LogP contribution in [0.15, 0.2) is 78.9 Å². The zero-order chi connectivity index (χ0) is 29.8. The van der Waals surface area contributed by atoms with Gasteiger partial charge in [0, 0.05) is 43.1 Å². The van der Waals surface area contributed by atoms with E-state index < -0.39 is 21.9 Å². The Morgan fingerprint density at radius 3 is 2.34 bits per heavy atom. The van der Waals surface area contributed by atoms with Gasteiger partial charge >= 0.3 is 0 Å². The topological polar surface area (TPSA) is 86.8 Å². The Balaban J connectivity index is 1.88. The van der Waals surface area contributed by atoms with Gasteiger partial charge in [-0.05, 0) is 42.7 Å². The number of hydrogen-bond donors (Lipinski definition) is 1. The molecule has 0 heterocycles. The van der Waals surface area contributed by atoms with E-state index >= 15 is 0 Å². The van der Waals surface area contributed by atoms with Gasteiger partial charge in [0.25, 0.3) is 0 Å². The molecule has 1 N–H and O–H groups in total. The van der Waals surface area contributed by atoms with E-state index in [0.29, 0.717) is 17.3 Å². The second-order valence-corrected chi connectivity index (χ2v) is 12.2. The van der Waals surface area contributed by atoms with Gasteiger partial charge in [-0.1, -0.05) is 79.5 Å². The number of hydrogen-bond acceptors (Lipinski definition) is 4. The van der Waals surface area contributed by atoms with Crippen molar-refractivity contribution in [2.24, 2.45) is 0 Å². The monoisotopic (exact) mass is 601 g/mol. The molecule has 3 rings (SSSR count). The lowest BCUT2D eigenvalue weighted by molar-refractivity contribution is -0.141. The Kier molecular flexibility index (Phi) is 12.2. The predicted molar refractivity (Wildman–Crippen MR) is 162 cm³/mol. The highest BCUT2D eigenvalue weighted by atomic mass is 35.5. The average molecular weight is 602 g/mol. The molecule has 0 spiro atoms. The van der Waals surface area contributed by atoms with Crippen LogP contribution in [0.4, 0.5) is 10.1 Å². The average Bonchev–Trinajstić information content (AvgIpc) is 2.93. The summed E-state index contributed by atoms with van der Waals surface area (Å²) in [5, 5.41) is 3.32. The van der Waals surface area contributed by atoms with Crippen LogP contribution >= 0.6 is 11.6 Å². The number of carbonyl (C=O) groups is 2. The van der Waals surface area contributed by atoms with Crippen molar-refractivity contribution in [2.45, 2.75) is 51.6 Å². The number of benzene rings is 3. The van der Waals surface area contributed by atoms with E-state index in [0.717, 1.165) is 24.7 Å². The molecular weight excluding hydrogens is 565 g/mol. The van der Waals surface area contributed by atoms with Crippen LogP contribution in [-0.2, 0) is 32.6 Å². The van der Waals surface area contributed by atoms with Crippen molar-refractivity contribution in [1.82, 2.24) is 10.2 Å². The Hall–Kier alpha value is -3.43. The summed E-state index contributed by atoms with van der Waals surface area (Å²) in [4.78, 5) is 28.7. The van der Waals surface area contributed by atoms with E-state index in [4.69, 9.17) is 11.6 Å². The molecule has 220 valence electrons. The number of amides is 2. The highest BCUT2D eigenvalue weighted by Gasteiger charge is 2.31. The van der Waals surface area contributed by atoms with Crippen LogP contribution in [0.1, 0.15) is 43.7 Å². The van der Waals surface area contributed by atoms with E-state index in [9.17, 15) is 22.4 Å². The summed E-state index contributed by atoms with van der Waals surface area (Å²) in [5.41, 5.74) is 1.54. The summed E-state index contributed by atoms with van der Waals surface area (Å²) < 4.78 is 41.0. The maximum atomic E-state index is 14.7. The molecule has 3 aromatic carbocycles. The largest absolute Gasteiger partial charge is 0.354 e. The fourth-order valence-electron chi connectivity index (χ4n) is 4.51. The van der Waals surface area contributed by atoms with Gasteiger partial charge in [-0.2, -0.15) is 0 Å². The van der Waals surface area contributed by atoms with Crippen LogP contribution in [0.25, 0.3) is 0 Å². The van der Waals surface area contributed by atoms with Crippen molar-refractivity contribution < 1.29 is 22.4 Å². The summed E-state index contributed by atoms with van der Waals surface area (Å²) in [6.07, 6.45) is 3.16. The van der Waals surface area contributed by atoms with E-state index in [1.165, 1.54) is 15.3 Å². The maximum Gasteiger partial charge on any atom is 0.243 e. The summed E-state index contributed by atoms with van der Waals surface area (Å²) in [5.74, 6) is -1.16. The Labute approximate surface area is 247 Å². The van der Waals surface area contributed by atoms with Crippen LogP contribution in [-0.4, -0.2) is 50.5 Å². The first-order valence-electron chi connectivity index (χ1n) is 13.7. The molecule has 0 aliphatic heterocycles. The van der Waals surface area contributed by atoms with Gasteiger partial charge in [-0.15, -0.1) is 0 Å². The van der Waals surface area contributed by atoms with Crippen LogP contribution in [0.2, 0.25) is 5.02 Å². The fraction of sp³-hybridized carbons (Fsp3) is 0.355. The van der Waals surface area contributed by atoms with Crippen LogP contribution in [0.5, 0.6) is 0 Å². The normalized spacial score (nSPS) is 12.0. The zero-order valence-corrected chi connectivity index (χ0v) is 25.0. The number of halogens is 2. The third-order valence-corrected chi connectivity index (χ3v) is 8.08. The molecule has 0 radical (unpaired) electrons. The smallest absolute Gasteiger partial charge is 0.243 e. The molecule has 0 saturated carbocycles. The molecule has 0 aromatic heterocycles. The lowest BCUT2D eigenvalue weighted by Gasteiger charge is -2.32.